The summed E-state index contributed by atoms with van der Waals surface area (Å²) in [5.41, 5.74) is 2.65. The molecule has 1 amide bonds. The maximum absolute atomic E-state index is 14.1. The van der Waals surface area contributed by atoms with Crippen LogP contribution in [0, 0.1) is 0 Å². The third kappa shape index (κ3) is 3.75. The van der Waals surface area contributed by atoms with Crippen molar-refractivity contribution in [3.8, 4) is 0 Å². The van der Waals surface area contributed by atoms with Gasteiger partial charge in [-0.1, -0.05) is 15.9 Å². The van der Waals surface area contributed by atoms with Crippen LogP contribution in [0.25, 0.3) is 0 Å². The van der Waals surface area contributed by atoms with Crippen molar-refractivity contribution in [1.29, 1.82) is 0 Å². The minimum absolute atomic E-state index is 0.0712. The lowest BCUT2D eigenvalue weighted by Crippen LogP contribution is -2.37. The van der Waals surface area contributed by atoms with E-state index in [1.165, 1.54) is 10.5 Å². The van der Waals surface area contributed by atoms with Gasteiger partial charge in [-0.3, -0.25) is 4.90 Å². The van der Waals surface area contributed by atoms with Crippen LogP contribution in [-0.4, -0.2) is 35.9 Å². The molecule has 0 saturated carbocycles. The van der Waals surface area contributed by atoms with Crippen molar-refractivity contribution in [1.82, 2.24) is 4.90 Å². The monoisotopic (exact) mass is 399 g/mol. The van der Waals surface area contributed by atoms with Crippen molar-refractivity contribution < 1.29 is 18.7 Å². The molecule has 1 fully saturated rings. The van der Waals surface area contributed by atoms with E-state index in [2.05, 4.69) is 22.0 Å². The number of benzene rings is 1. The molecule has 1 saturated heterocycles. The average molecular weight is 400 g/mol. The van der Waals surface area contributed by atoms with E-state index in [1.807, 2.05) is 26.8 Å². The molecule has 6 heteroatoms. The number of carbonyl (C=O) groups excluding carboxylic acids is 1. The quantitative estimate of drug-likeness (QED) is 0.695. The highest BCUT2D eigenvalue weighted by atomic mass is 79.9. The number of alkyl halides is 1. The normalized spacial score (nSPS) is 24.0. The first-order valence-electron chi connectivity index (χ1n) is 8.27. The van der Waals surface area contributed by atoms with Crippen LogP contribution in [0.15, 0.2) is 16.6 Å². The van der Waals surface area contributed by atoms with Gasteiger partial charge < -0.3 is 9.47 Å². The van der Waals surface area contributed by atoms with Gasteiger partial charge in [0.2, 0.25) is 0 Å². The molecule has 0 aromatic heterocycles. The van der Waals surface area contributed by atoms with Gasteiger partial charge in [0.05, 0.1) is 25.8 Å². The van der Waals surface area contributed by atoms with Gasteiger partial charge in [0.15, 0.2) is 0 Å². The summed E-state index contributed by atoms with van der Waals surface area (Å²) < 4.78 is 26.2. The number of rotatable bonds is 1. The van der Waals surface area contributed by atoms with Crippen LogP contribution in [0.1, 0.15) is 49.9 Å². The van der Waals surface area contributed by atoms with Gasteiger partial charge in [0.1, 0.15) is 11.8 Å². The van der Waals surface area contributed by atoms with E-state index in [-0.39, 0.29) is 12.6 Å². The predicted octanol–water partition coefficient (Wildman–Crippen LogP) is 4.54. The Morgan fingerprint density at radius 3 is 2.88 bits per heavy atom. The summed E-state index contributed by atoms with van der Waals surface area (Å²) in [5, 5.41) is 0. The topological polar surface area (TPSA) is 38.8 Å². The summed E-state index contributed by atoms with van der Waals surface area (Å²) in [4.78, 5) is 14.1. The molecule has 0 spiro atoms. The van der Waals surface area contributed by atoms with Gasteiger partial charge in [-0.25, -0.2) is 9.18 Å². The van der Waals surface area contributed by atoms with Crippen molar-refractivity contribution in [2.75, 3.05) is 13.2 Å². The first-order chi connectivity index (χ1) is 11.2. The number of hydrogen-bond acceptors (Lipinski definition) is 3. The Labute approximate surface area is 150 Å². The summed E-state index contributed by atoms with van der Waals surface area (Å²) >= 11 is 3.54. The standard InChI is InChI=1S/C18H23BrFNO3/c1-18(2,3)24-17(22)21-9-13(20)8-16(21)14-7-12(19)6-11-4-5-23-10-15(11)14/h6-7,13,16H,4-5,8-10H2,1-3H3. The fraction of sp³-hybridized carbons (Fsp3) is 0.611. The number of halogens is 2. The summed E-state index contributed by atoms with van der Waals surface area (Å²) in [7, 11) is 0. The molecule has 1 aromatic rings. The summed E-state index contributed by atoms with van der Waals surface area (Å²) in [6, 6.07) is 3.75. The molecule has 24 heavy (non-hydrogen) atoms. The number of fused-ring (bicyclic) bond motifs is 1. The molecular weight excluding hydrogens is 377 g/mol. The van der Waals surface area contributed by atoms with Crippen LogP contribution in [0.3, 0.4) is 0 Å². The fourth-order valence-electron chi connectivity index (χ4n) is 3.37. The maximum atomic E-state index is 14.1. The number of ether oxygens (including phenoxy) is 2. The third-order valence-electron chi connectivity index (χ3n) is 4.34. The number of carbonyl (C=O) groups is 1. The van der Waals surface area contributed by atoms with Crippen molar-refractivity contribution in [2.24, 2.45) is 0 Å². The van der Waals surface area contributed by atoms with Gasteiger partial charge in [0, 0.05) is 10.9 Å². The molecule has 0 aliphatic carbocycles. The molecule has 0 radical (unpaired) electrons. The van der Waals surface area contributed by atoms with Crippen LogP contribution in [0.2, 0.25) is 0 Å². The molecule has 2 aliphatic rings. The van der Waals surface area contributed by atoms with Gasteiger partial charge in [-0.05, 0) is 56.0 Å². The lowest BCUT2D eigenvalue weighted by molar-refractivity contribution is 0.0213. The number of likely N-dealkylation sites (tertiary alicyclic amines) is 1. The Balaban J connectivity index is 1.95. The molecule has 2 unspecified atom stereocenters. The number of amides is 1. The fourth-order valence-corrected chi connectivity index (χ4v) is 3.89. The molecule has 0 bridgehead atoms. The second-order valence-corrected chi connectivity index (χ2v) is 8.33. The van der Waals surface area contributed by atoms with E-state index in [4.69, 9.17) is 9.47 Å². The van der Waals surface area contributed by atoms with Crippen molar-refractivity contribution in [3.05, 3.63) is 33.3 Å². The molecule has 3 rings (SSSR count). The van der Waals surface area contributed by atoms with Gasteiger partial charge in [-0.15, -0.1) is 0 Å². The third-order valence-corrected chi connectivity index (χ3v) is 4.80. The molecular formula is C18H23BrFNO3. The van der Waals surface area contributed by atoms with Crippen LogP contribution < -0.4 is 0 Å². The minimum atomic E-state index is -1.04. The van der Waals surface area contributed by atoms with Gasteiger partial charge >= 0.3 is 6.09 Å². The van der Waals surface area contributed by atoms with Gasteiger partial charge in [-0.2, -0.15) is 0 Å². The van der Waals surface area contributed by atoms with E-state index in [0.29, 0.717) is 19.6 Å². The van der Waals surface area contributed by atoms with E-state index >= 15 is 0 Å². The summed E-state index contributed by atoms with van der Waals surface area (Å²) in [5.74, 6) is 0. The lowest BCUT2D eigenvalue weighted by atomic mass is 9.92. The predicted molar refractivity (Wildman–Crippen MR) is 92.7 cm³/mol. The van der Waals surface area contributed by atoms with E-state index in [1.54, 1.807) is 0 Å². The largest absolute Gasteiger partial charge is 0.444 e. The zero-order valence-electron chi connectivity index (χ0n) is 14.3. The Morgan fingerprint density at radius 1 is 1.42 bits per heavy atom. The molecule has 132 valence electrons. The first-order valence-corrected chi connectivity index (χ1v) is 9.06. The Hall–Kier alpha value is -1.14. The highest BCUT2D eigenvalue weighted by Crippen LogP contribution is 2.39. The molecule has 2 aliphatic heterocycles. The Bertz CT molecular complexity index is 644. The van der Waals surface area contributed by atoms with Crippen LogP contribution >= 0.6 is 15.9 Å². The van der Waals surface area contributed by atoms with Gasteiger partial charge in [0.25, 0.3) is 0 Å². The zero-order chi connectivity index (χ0) is 17.5. The smallest absolute Gasteiger partial charge is 0.410 e. The van der Waals surface area contributed by atoms with Crippen LogP contribution in [-0.2, 0) is 22.5 Å². The van der Waals surface area contributed by atoms with Crippen molar-refractivity contribution >= 4 is 22.0 Å². The second-order valence-electron chi connectivity index (χ2n) is 7.42. The summed E-state index contributed by atoms with van der Waals surface area (Å²) in [6.45, 7) is 6.72. The van der Waals surface area contributed by atoms with E-state index in [0.717, 1.165) is 22.0 Å². The number of nitrogens with zero attached hydrogens (tertiary/aromatic N) is 1. The Kier molecular flexibility index (Phi) is 4.89. The highest BCUT2D eigenvalue weighted by Gasteiger charge is 2.40. The SMILES string of the molecule is CC(C)(C)OC(=O)N1CC(F)CC1c1cc(Br)cc2c1COCC2. The molecule has 2 heterocycles. The van der Waals surface area contributed by atoms with Crippen molar-refractivity contribution in [3.63, 3.8) is 0 Å². The maximum Gasteiger partial charge on any atom is 0.410 e. The molecule has 1 aromatic carbocycles. The van der Waals surface area contributed by atoms with Crippen LogP contribution in [0.5, 0.6) is 0 Å². The highest BCUT2D eigenvalue weighted by molar-refractivity contribution is 9.10. The van der Waals surface area contributed by atoms with Crippen molar-refractivity contribution in [2.45, 2.75) is 58.0 Å². The second kappa shape index (κ2) is 6.64. The van der Waals surface area contributed by atoms with E-state index in [9.17, 15) is 9.18 Å². The van der Waals surface area contributed by atoms with E-state index < -0.39 is 17.9 Å². The summed E-state index contributed by atoms with van der Waals surface area (Å²) in [6.07, 6.45) is -0.373. The minimum Gasteiger partial charge on any atom is -0.444 e. The zero-order valence-corrected chi connectivity index (χ0v) is 15.9. The average Bonchev–Trinajstić information content (AvgIpc) is 2.86. The first kappa shape index (κ1) is 17.7. The Morgan fingerprint density at radius 2 is 2.17 bits per heavy atom. The van der Waals surface area contributed by atoms with Crippen LogP contribution in [0.4, 0.5) is 9.18 Å². The molecule has 0 N–H and O–H groups in total. The molecule has 2 atom stereocenters. The lowest BCUT2D eigenvalue weighted by Gasteiger charge is -2.31. The number of hydrogen-bond donors (Lipinski definition) is 0. The molecule has 4 nitrogen and oxygen atoms in total.